The Balaban J connectivity index is 1.75. The van der Waals surface area contributed by atoms with Gasteiger partial charge < -0.3 is 4.98 Å². The second-order valence-corrected chi connectivity index (χ2v) is 6.42. The summed E-state index contributed by atoms with van der Waals surface area (Å²) < 4.78 is 0.859. The lowest BCUT2D eigenvalue weighted by Crippen LogP contribution is -2.31. The third kappa shape index (κ3) is 3.93. The van der Waals surface area contributed by atoms with Crippen molar-refractivity contribution in [1.82, 2.24) is 15.0 Å². The van der Waals surface area contributed by atoms with Crippen molar-refractivity contribution < 1.29 is 4.79 Å². The molecule has 0 spiro atoms. The van der Waals surface area contributed by atoms with Gasteiger partial charge in [-0.15, -0.1) is 0 Å². The molecule has 0 radical (unpaired) electrons. The summed E-state index contributed by atoms with van der Waals surface area (Å²) in [6, 6.07) is 10.8. The predicted octanol–water partition coefficient (Wildman–Crippen LogP) is 3.07. The van der Waals surface area contributed by atoms with E-state index in [2.05, 4.69) is 30.9 Å². The van der Waals surface area contributed by atoms with Crippen molar-refractivity contribution in [2.45, 2.75) is 19.8 Å². The molecule has 0 bridgehead atoms. The minimum Gasteiger partial charge on any atom is -0.310 e. The predicted molar refractivity (Wildman–Crippen MR) is 101 cm³/mol. The number of carbonyl (C=O) groups excluding carboxylic acids is 1. The summed E-state index contributed by atoms with van der Waals surface area (Å²) in [4.78, 5) is 37.7. The molecule has 2 aromatic heterocycles. The Labute approximate surface area is 153 Å². The monoisotopic (exact) mass is 400 g/mol. The number of aromatic nitrogens is 3. The number of amides is 1. The van der Waals surface area contributed by atoms with Gasteiger partial charge in [0.25, 0.3) is 5.56 Å². The van der Waals surface area contributed by atoms with Gasteiger partial charge in [0.1, 0.15) is 11.6 Å². The first-order valence-electron chi connectivity index (χ1n) is 7.98. The van der Waals surface area contributed by atoms with E-state index in [4.69, 9.17) is 0 Å². The van der Waals surface area contributed by atoms with Crippen LogP contribution in [0.2, 0.25) is 0 Å². The third-order valence-electron chi connectivity index (χ3n) is 3.84. The summed E-state index contributed by atoms with van der Waals surface area (Å²) in [7, 11) is 0. The summed E-state index contributed by atoms with van der Waals surface area (Å²) in [6.45, 7) is 2.42. The van der Waals surface area contributed by atoms with Crippen molar-refractivity contribution in [3.05, 3.63) is 63.2 Å². The molecule has 1 amide bonds. The van der Waals surface area contributed by atoms with Crippen LogP contribution in [-0.2, 0) is 11.2 Å². The fourth-order valence-corrected chi connectivity index (χ4v) is 2.84. The molecule has 0 aliphatic heterocycles. The number of carbonyl (C=O) groups is 1. The molecule has 0 atom stereocenters. The number of para-hydroxylation sites is 1. The molecule has 6 nitrogen and oxygen atoms in total. The van der Waals surface area contributed by atoms with Crippen molar-refractivity contribution in [3.63, 3.8) is 0 Å². The average Bonchev–Trinajstić information content (AvgIpc) is 2.62. The highest BCUT2D eigenvalue weighted by Crippen LogP contribution is 2.16. The molecule has 128 valence electrons. The fourth-order valence-electron chi connectivity index (χ4n) is 2.61. The zero-order chi connectivity index (χ0) is 17.8. The third-order valence-corrected chi connectivity index (χ3v) is 4.31. The van der Waals surface area contributed by atoms with Crippen LogP contribution in [0.3, 0.4) is 0 Å². The number of aromatic amines is 1. The second kappa shape index (κ2) is 7.57. The number of aryl methyl sites for hydroxylation is 1. The summed E-state index contributed by atoms with van der Waals surface area (Å²) in [5.74, 6) is 1.06. The summed E-state index contributed by atoms with van der Waals surface area (Å²) >= 11 is 3.33. The van der Waals surface area contributed by atoms with Gasteiger partial charge in [-0.05, 0) is 47.1 Å². The molecule has 3 aromatic rings. The highest BCUT2D eigenvalue weighted by Gasteiger charge is 2.15. The number of fused-ring (bicyclic) bond motifs is 1. The average molecular weight is 401 g/mol. The smallest absolute Gasteiger partial charge is 0.258 e. The normalized spacial score (nSPS) is 10.8. The first-order valence-corrected chi connectivity index (χ1v) is 8.77. The molecule has 0 aliphatic carbocycles. The number of anilines is 1. The molecule has 0 fully saturated rings. The van der Waals surface area contributed by atoms with Crippen LogP contribution in [0.4, 0.5) is 5.82 Å². The Kier molecular flexibility index (Phi) is 5.23. The van der Waals surface area contributed by atoms with E-state index in [1.807, 2.05) is 19.1 Å². The molecule has 7 heteroatoms. The number of hydrogen-bond acceptors (Lipinski definition) is 4. The standard InChI is InChI=1S/C18H17BrN4O2/c1-2-23(16-9-7-12(19)11-20-16)17(24)10-8-15-21-14-6-4-3-5-13(14)18(25)22-15/h3-7,9,11H,2,8,10H2,1H3,(H,21,22,25). The van der Waals surface area contributed by atoms with Crippen LogP contribution in [0.25, 0.3) is 10.9 Å². The van der Waals surface area contributed by atoms with E-state index in [0.717, 1.165) is 4.47 Å². The molecule has 0 unspecified atom stereocenters. The zero-order valence-electron chi connectivity index (χ0n) is 13.7. The lowest BCUT2D eigenvalue weighted by Gasteiger charge is -2.19. The number of halogens is 1. The van der Waals surface area contributed by atoms with E-state index in [9.17, 15) is 9.59 Å². The van der Waals surface area contributed by atoms with E-state index >= 15 is 0 Å². The van der Waals surface area contributed by atoms with Crippen LogP contribution >= 0.6 is 15.9 Å². The Morgan fingerprint density at radius 2 is 2.04 bits per heavy atom. The minimum atomic E-state index is -0.185. The molecule has 2 heterocycles. The number of nitrogens with zero attached hydrogens (tertiary/aromatic N) is 3. The van der Waals surface area contributed by atoms with Crippen LogP contribution < -0.4 is 10.5 Å². The number of hydrogen-bond donors (Lipinski definition) is 1. The van der Waals surface area contributed by atoms with E-state index in [1.165, 1.54) is 0 Å². The van der Waals surface area contributed by atoms with Gasteiger partial charge in [0.15, 0.2) is 0 Å². The fraction of sp³-hybridized carbons (Fsp3) is 0.222. The van der Waals surface area contributed by atoms with Crippen molar-refractivity contribution in [1.29, 1.82) is 0 Å². The molecule has 0 saturated heterocycles. The summed E-state index contributed by atoms with van der Waals surface area (Å²) in [5.41, 5.74) is 0.450. The zero-order valence-corrected chi connectivity index (χ0v) is 15.3. The Hall–Kier alpha value is -2.54. The number of pyridine rings is 1. The van der Waals surface area contributed by atoms with Gasteiger partial charge in [0, 0.05) is 30.1 Å². The van der Waals surface area contributed by atoms with Crippen LogP contribution in [0.15, 0.2) is 51.9 Å². The molecule has 0 aliphatic rings. The molecule has 1 N–H and O–H groups in total. The van der Waals surface area contributed by atoms with E-state index in [1.54, 1.807) is 35.4 Å². The van der Waals surface area contributed by atoms with Crippen molar-refractivity contribution >= 4 is 38.6 Å². The summed E-state index contributed by atoms with van der Waals surface area (Å²) in [5, 5.41) is 0.548. The van der Waals surface area contributed by atoms with Gasteiger partial charge in [-0.3, -0.25) is 14.5 Å². The highest BCUT2D eigenvalue weighted by atomic mass is 79.9. The Bertz CT molecular complexity index is 953. The lowest BCUT2D eigenvalue weighted by atomic mass is 10.2. The van der Waals surface area contributed by atoms with Gasteiger partial charge in [0.2, 0.25) is 5.91 Å². The Morgan fingerprint density at radius 1 is 1.24 bits per heavy atom. The molecule has 25 heavy (non-hydrogen) atoms. The molecular weight excluding hydrogens is 384 g/mol. The first kappa shape index (κ1) is 17.3. The van der Waals surface area contributed by atoms with Crippen molar-refractivity contribution in [2.24, 2.45) is 0 Å². The van der Waals surface area contributed by atoms with Gasteiger partial charge in [-0.25, -0.2) is 9.97 Å². The highest BCUT2D eigenvalue weighted by molar-refractivity contribution is 9.10. The van der Waals surface area contributed by atoms with Gasteiger partial charge in [-0.2, -0.15) is 0 Å². The molecular formula is C18H17BrN4O2. The topological polar surface area (TPSA) is 79.0 Å². The maximum absolute atomic E-state index is 12.5. The number of benzene rings is 1. The van der Waals surface area contributed by atoms with Crippen molar-refractivity contribution in [3.8, 4) is 0 Å². The van der Waals surface area contributed by atoms with Crippen LogP contribution in [0.5, 0.6) is 0 Å². The van der Waals surface area contributed by atoms with E-state index < -0.39 is 0 Å². The van der Waals surface area contributed by atoms with Gasteiger partial charge >= 0.3 is 0 Å². The van der Waals surface area contributed by atoms with Crippen LogP contribution in [0, 0.1) is 0 Å². The summed E-state index contributed by atoms with van der Waals surface area (Å²) in [6.07, 6.45) is 2.27. The lowest BCUT2D eigenvalue weighted by molar-refractivity contribution is -0.118. The largest absolute Gasteiger partial charge is 0.310 e. The van der Waals surface area contributed by atoms with E-state index in [-0.39, 0.29) is 17.9 Å². The van der Waals surface area contributed by atoms with Crippen LogP contribution in [-0.4, -0.2) is 27.4 Å². The van der Waals surface area contributed by atoms with E-state index in [0.29, 0.717) is 35.5 Å². The molecule has 0 saturated carbocycles. The second-order valence-electron chi connectivity index (χ2n) is 5.50. The van der Waals surface area contributed by atoms with Crippen molar-refractivity contribution in [2.75, 3.05) is 11.4 Å². The number of nitrogens with one attached hydrogen (secondary N) is 1. The molecule has 1 aromatic carbocycles. The molecule has 3 rings (SSSR count). The maximum atomic E-state index is 12.5. The Morgan fingerprint density at radius 3 is 2.76 bits per heavy atom. The van der Waals surface area contributed by atoms with Crippen LogP contribution in [0.1, 0.15) is 19.2 Å². The van der Waals surface area contributed by atoms with Gasteiger partial charge in [0.05, 0.1) is 10.9 Å². The number of rotatable bonds is 5. The quantitative estimate of drug-likeness (QED) is 0.713. The maximum Gasteiger partial charge on any atom is 0.258 e. The first-order chi connectivity index (χ1) is 12.1. The minimum absolute atomic E-state index is 0.0619. The SMILES string of the molecule is CCN(C(=O)CCc1nc2ccccc2c(=O)[nH]1)c1ccc(Br)cn1. The van der Waals surface area contributed by atoms with Gasteiger partial charge in [-0.1, -0.05) is 12.1 Å². The number of H-pyrrole nitrogens is 1.